The molecule has 0 unspecified atom stereocenters. The number of furan rings is 1. The van der Waals surface area contributed by atoms with Crippen molar-refractivity contribution in [1.82, 2.24) is 4.98 Å². The van der Waals surface area contributed by atoms with Crippen molar-refractivity contribution in [2.75, 3.05) is 0 Å². The van der Waals surface area contributed by atoms with Gasteiger partial charge < -0.3 is 4.42 Å². The lowest BCUT2D eigenvalue weighted by Crippen LogP contribution is -1.90. The Balaban J connectivity index is 1.52. The van der Waals surface area contributed by atoms with Gasteiger partial charge in [-0.3, -0.25) is 4.98 Å². The molecular weight excluding hydrogens is 426 g/mol. The van der Waals surface area contributed by atoms with Gasteiger partial charge in [-0.1, -0.05) is 78.4 Å². The lowest BCUT2D eigenvalue weighted by molar-refractivity contribution is 0.631. The molecular formula is C33H25NO. The molecule has 168 valence electrons. The minimum absolute atomic E-state index is 0.884. The van der Waals surface area contributed by atoms with Crippen LogP contribution in [0.15, 0.2) is 120 Å². The molecule has 0 aliphatic rings. The number of hydrogen-bond acceptors (Lipinski definition) is 2. The molecule has 2 heterocycles. The van der Waals surface area contributed by atoms with Crippen molar-refractivity contribution in [3.05, 3.63) is 127 Å². The number of fused-ring (bicyclic) bond motifs is 1. The molecule has 6 rings (SSSR count). The summed E-state index contributed by atoms with van der Waals surface area (Å²) in [6, 6.07) is 38.4. The molecule has 0 saturated carbocycles. The zero-order chi connectivity index (χ0) is 23.8. The summed E-state index contributed by atoms with van der Waals surface area (Å²) in [5.74, 6) is 0.884. The molecule has 2 heteroatoms. The third kappa shape index (κ3) is 4.15. The molecule has 0 radical (unpaired) electrons. The van der Waals surface area contributed by atoms with E-state index in [1.54, 1.807) is 0 Å². The Morgan fingerprint density at radius 2 is 1.31 bits per heavy atom. The maximum Gasteiger partial charge on any atom is 0.135 e. The van der Waals surface area contributed by atoms with E-state index < -0.39 is 0 Å². The second-order valence-electron chi connectivity index (χ2n) is 9.07. The van der Waals surface area contributed by atoms with Crippen LogP contribution < -0.4 is 0 Å². The highest BCUT2D eigenvalue weighted by Gasteiger charge is 2.13. The Labute approximate surface area is 205 Å². The molecule has 0 atom stereocenters. The van der Waals surface area contributed by atoms with Crippen LogP contribution in [0.2, 0.25) is 0 Å². The zero-order valence-electron chi connectivity index (χ0n) is 19.8. The van der Waals surface area contributed by atoms with Crippen LogP contribution in [0.1, 0.15) is 11.1 Å². The maximum atomic E-state index is 6.17. The molecule has 0 aliphatic heterocycles. The minimum Gasteiger partial charge on any atom is -0.456 e. The van der Waals surface area contributed by atoms with Gasteiger partial charge in [-0.25, -0.2) is 0 Å². The van der Waals surface area contributed by atoms with Crippen molar-refractivity contribution in [2.24, 2.45) is 0 Å². The zero-order valence-corrected chi connectivity index (χ0v) is 19.8. The van der Waals surface area contributed by atoms with Gasteiger partial charge in [-0.05, 0) is 78.1 Å². The highest BCUT2D eigenvalue weighted by atomic mass is 16.3. The second-order valence-corrected chi connectivity index (χ2v) is 9.07. The molecule has 2 nitrogen and oxygen atoms in total. The summed E-state index contributed by atoms with van der Waals surface area (Å²) in [6.45, 7) is 4.22. The van der Waals surface area contributed by atoms with Gasteiger partial charge in [0.15, 0.2) is 0 Å². The van der Waals surface area contributed by atoms with Crippen LogP contribution >= 0.6 is 0 Å². The van der Waals surface area contributed by atoms with Crippen LogP contribution in [0.4, 0.5) is 0 Å². The first-order valence-electron chi connectivity index (χ1n) is 11.9. The number of hydrogen-bond donors (Lipinski definition) is 0. The van der Waals surface area contributed by atoms with Crippen molar-refractivity contribution in [3.63, 3.8) is 0 Å². The van der Waals surface area contributed by atoms with E-state index in [9.17, 15) is 0 Å². The first kappa shape index (κ1) is 21.1. The van der Waals surface area contributed by atoms with Crippen molar-refractivity contribution in [1.29, 1.82) is 0 Å². The molecule has 0 amide bonds. The summed E-state index contributed by atoms with van der Waals surface area (Å²) >= 11 is 0. The lowest BCUT2D eigenvalue weighted by Gasteiger charge is -2.13. The summed E-state index contributed by atoms with van der Waals surface area (Å²) < 4.78 is 6.17. The normalized spacial score (nSPS) is 11.1. The molecule has 0 bridgehead atoms. The number of benzene rings is 4. The Morgan fingerprint density at radius 1 is 0.543 bits per heavy atom. The Morgan fingerprint density at radius 3 is 2.11 bits per heavy atom. The molecule has 0 spiro atoms. The molecule has 2 aromatic heterocycles. The van der Waals surface area contributed by atoms with Crippen LogP contribution in [-0.2, 0) is 0 Å². The van der Waals surface area contributed by atoms with Gasteiger partial charge in [0.25, 0.3) is 0 Å². The van der Waals surface area contributed by atoms with Crippen molar-refractivity contribution in [2.45, 2.75) is 13.8 Å². The fourth-order valence-corrected chi connectivity index (χ4v) is 4.58. The van der Waals surface area contributed by atoms with E-state index in [1.807, 2.05) is 30.5 Å². The molecule has 0 N–H and O–H groups in total. The van der Waals surface area contributed by atoms with Crippen molar-refractivity contribution in [3.8, 4) is 44.8 Å². The van der Waals surface area contributed by atoms with E-state index in [1.165, 1.54) is 27.8 Å². The second kappa shape index (κ2) is 8.73. The largest absolute Gasteiger partial charge is 0.456 e. The van der Waals surface area contributed by atoms with E-state index in [0.29, 0.717) is 0 Å². The topological polar surface area (TPSA) is 26.0 Å². The van der Waals surface area contributed by atoms with Crippen LogP contribution in [0.5, 0.6) is 0 Å². The number of aromatic nitrogens is 1. The molecule has 4 aromatic carbocycles. The monoisotopic (exact) mass is 451 g/mol. The molecule has 0 fully saturated rings. The minimum atomic E-state index is 0.884. The standard InChI is InChI=1S/C33H25NO/c1-22-8-10-24(11-9-22)29-14-12-27(31-18-23(2)16-17-34-31)20-30(29)26-13-15-32-28(19-26)21-33(35-32)25-6-4-3-5-7-25/h3-21H,1-2H3. The first-order chi connectivity index (χ1) is 17.1. The number of rotatable bonds is 4. The van der Waals surface area contributed by atoms with Crippen molar-refractivity contribution < 1.29 is 4.42 Å². The van der Waals surface area contributed by atoms with Crippen LogP contribution in [0.3, 0.4) is 0 Å². The highest BCUT2D eigenvalue weighted by molar-refractivity contribution is 5.92. The SMILES string of the molecule is Cc1ccc(-c2ccc(-c3cc(C)ccn3)cc2-c2ccc3oc(-c4ccccc4)cc3c2)cc1. The van der Waals surface area contributed by atoms with Crippen molar-refractivity contribution >= 4 is 11.0 Å². The molecule has 35 heavy (non-hydrogen) atoms. The Hall–Kier alpha value is -4.43. The first-order valence-corrected chi connectivity index (χ1v) is 11.9. The summed E-state index contributed by atoms with van der Waals surface area (Å²) in [4.78, 5) is 4.63. The van der Waals surface area contributed by atoms with E-state index in [4.69, 9.17) is 4.42 Å². The van der Waals surface area contributed by atoms with E-state index in [2.05, 4.69) is 104 Å². The average Bonchev–Trinajstić information content (AvgIpc) is 3.33. The van der Waals surface area contributed by atoms with E-state index >= 15 is 0 Å². The smallest absolute Gasteiger partial charge is 0.135 e. The van der Waals surface area contributed by atoms with Gasteiger partial charge in [0.1, 0.15) is 11.3 Å². The summed E-state index contributed by atoms with van der Waals surface area (Å²) in [5.41, 5.74) is 11.3. The maximum absolute atomic E-state index is 6.17. The van der Waals surface area contributed by atoms with Crippen LogP contribution in [0.25, 0.3) is 55.8 Å². The van der Waals surface area contributed by atoms with Gasteiger partial charge in [0, 0.05) is 22.7 Å². The average molecular weight is 452 g/mol. The van der Waals surface area contributed by atoms with Gasteiger partial charge in [-0.15, -0.1) is 0 Å². The van der Waals surface area contributed by atoms with Gasteiger partial charge in [-0.2, -0.15) is 0 Å². The Bertz CT molecular complexity index is 1640. The van der Waals surface area contributed by atoms with Gasteiger partial charge in [0.05, 0.1) is 5.69 Å². The fraction of sp³-hybridized carbons (Fsp3) is 0.0606. The predicted octanol–water partition coefficient (Wildman–Crippen LogP) is 9.11. The summed E-state index contributed by atoms with van der Waals surface area (Å²) in [5, 5.41) is 1.09. The third-order valence-electron chi connectivity index (χ3n) is 6.48. The number of nitrogens with zero attached hydrogens (tertiary/aromatic N) is 1. The Kier molecular flexibility index (Phi) is 5.27. The summed E-state index contributed by atoms with van der Waals surface area (Å²) in [7, 11) is 0. The lowest BCUT2D eigenvalue weighted by atomic mass is 9.91. The number of aryl methyl sites for hydroxylation is 2. The molecule has 0 saturated heterocycles. The summed E-state index contributed by atoms with van der Waals surface area (Å²) in [6.07, 6.45) is 1.88. The van der Waals surface area contributed by atoms with Gasteiger partial charge >= 0.3 is 0 Å². The predicted molar refractivity (Wildman–Crippen MR) is 145 cm³/mol. The van der Waals surface area contributed by atoms with E-state index in [-0.39, 0.29) is 0 Å². The van der Waals surface area contributed by atoms with Gasteiger partial charge in [0.2, 0.25) is 0 Å². The van der Waals surface area contributed by atoms with Crippen LogP contribution in [0, 0.1) is 13.8 Å². The molecule has 0 aliphatic carbocycles. The third-order valence-corrected chi connectivity index (χ3v) is 6.48. The highest BCUT2D eigenvalue weighted by Crippen LogP contribution is 2.38. The fourth-order valence-electron chi connectivity index (χ4n) is 4.58. The molecule has 6 aromatic rings. The quantitative estimate of drug-likeness (QED) is 0.267. The number of pyridine rings is 1. The van der Waals surface area contributed by atoms with Crippen LogP contribution in [-0.4, -0.2) is 4.98 Å². The van der Waals surface area contributed by atoms with E-state index in [0.717, 1.165) is 39.1 Å².